The first-order chi connectivity index (χ1) is 10.0. The van der Waals surface area contributed by atoms with E-state index in [1.54, 1.807) is 0 Å². The summed E-state index contributed by atoms with van der Waals surface area (Å²) in [5, 5.41) is 6.17. The minimum Gasteiger partial charge on any atom is -0.370 e. The molecule has 5 heteroatoms. The minimum absolute atomic E-state index is 0.0698. The molecule has 21 heavy (non-hydrogen) atoms. The van der Waals surface area contributed by atoms with Crippen LogP contribution in [0.3, 0.4) is 0 Å². The molecule has 0 fully saturated rings. The summed E-state index contributed by atoms with van der Waals surface area (Å²) >= 11 is 0. The molecule has 0 unspecified atom stereocenters. The Morgan fingerprint density at radius 2 is 2.14 bits per heavy atom. The van der Waals surface area contributed by atoms with Crippen LogP contribution in [0.1, 0.15) is 32.8 Å². The van der Waals surface area contributed by atoms with Gasteiger partial charge in [0.2, 0.25) is 5.91 Å². The van der Waals surface area contributed by atoms with E-state index in [1.807, 2.05) is 30.3 Å². The van der Waals surface area contributed by atoms with Crippen LogP contribution in [0, 0.1) is 5.92 Å². The molecule has 0 aliphatic heterocycles. The zero-order chi connectivity index (χ0) is 15.7. The third-order valence-corrected chi connectivity index (χ3v) is 2.95. The Kier molecular flexibility index (Phi) is 7.75. The van der Waals surface area contributed by atoms with E-state index in [0.29, 0.717) is 12.5 Å². The summed E-state index contributed by atoms with van der Waals surface area (Å²) in [6.07, 6.45) is 2.94. The number of pyridine rings is 1. The number of rotatable bonds is 9. The second-order valence-corrected chi connectivity index (χ2v) is 5.85. The van der Waals surface area contributed by atoms with Crippen LogP contribution in [0.25, 0.3) is 0 Å². The number of aromatic nitrogens is 1. The molecule has 0 aliphatic rings. The van der Waals surface area contributed by atoms with Crippen molar-refractivity contribution < 1.29 is 4.79 Å². The van der Waals surface area contributed by atoms with Gasteiger partial charge >= 0.3 is 0 Å². The van der Waals surface area contributed by atoms with Crippen LogP contribution in [0.5, 0.6) is 0 Å². The highest BCUT2D eigenvalue weighted by Crippen LogP contribution is 2.07. The van der Waals surface area contributed by atoms with Gasteiger partial charge in [-0.05, 0) is 31.0 Å². The lowest BCUT2D eigenvalue weighted by Gasteiger charge is -2.17. The van der Waals surface area contributed by atoms with Gasteiger partial charge < -0.3 is 10.6 Å². The zero-order valence-electron chi connectivity index (χ0n) is 13.6. The maximum Gasteiger partial charge on any atom is 0.234 e. The van der Waals surface area contributed by atoms with Gasteiger partial charge in [0.25, 0.3) is 0 Å². The molecular weight excluding hydrogens is 264 g/mol. The first-order valence-electron chi connectivity index (χ1n) is 7.65. The average Bonchev–Trinajstić information content (AvgIpc) is 2.44. The van der Waals surface area contributed by atoms with E-state index in [9.17, 15) is 4.79 Å². The molecule has 5 nitrogen and oxygen atoms in total. The number of anilines is 1. The van der Waals surface area contributed by atoms with Crippen LogP contribution >= 0.6 is 0 Å². The summed E-state index contributed by atoms with van der Waals surface area (Å²) in [7, 11) is 1.94. The van der Waals surface area contributed by atoms with Gasteiger partial charge in [-0.15, -0.1) is 0 Å². The van der Waals surface area contributed by atoms with Gasteiger partial charge in [-0.3, -0.25) is 9.69 Å². The predicted octanol–water partition coefficient (Wildman–Crippen LogP) is 2.11. The molecule has 1 aromatic heterocycles. The third-order valence-electron chi connectivity index (χ3n) is 2.95. The Morgan fingerprint density at radius 3 is 2.71 bits per heavy atom. The monoisotopic (exact) mass is 292 g/mol. The van der Waals surface area contributed by atoms with Crippen LogP contribution in [0.2, 0.25) is 0 Å². The summed E-state index contributed by atoms with van der Waals surface area (Å²) in [6, 6.07) is 4.03. The van der Waals surface area contributed by atoms with E-state index in [-0.39, 0.29) is 5.91 Å². The van der Waals surface area contributed by atoms with E-state index < -0.39 is 0 Å². The summed E-state index contributed by atoms with van der Waals surface area (Å²) < 4.78 is 0. The van der Waals surface area contributed by atoms with E-state index in [4.69, 9.17) is 0 Å². The van der Waals surface area contributed by atoms with Crippen molar-refractivity contribution in [1.29, 1.82) is 0 Å². The minimum atomic E-state index is 0.0698. The largest absolute Gasteiger partial charge is 0.370 e. The van der Waals surface area contributed by atoms with Crippen molar-refractivity contribution in [3.63, 3.8) is 0 Å². The van der Waals surface area contributed by atoms with Crippen LogP contribution in [0.15, 0.2) is 18.3 Å². The second kappa shape index (κ2) is 9.34. The molecule has 0 aliphatic carbocycles. The van der Waals surface area contributed by atoms with Crippen LogP contribution in [0.4, 0.5) is 5.82 Å². The predicted molar refractivity (Wildman–Crippen MR) is 87.2 cm³/mol. The smallest absolute Gasteiger partial charge is 0.234 e. The normalized spacial score (nSPS) is 11.0. The fourth-order valence-corrected chi connectivity index (χ4v) is 1.86. The zero-order valence-corrected chi connectivity index (χ0v) is 13.6. The lowest BCUT2D eigenvalue weighted by atomic mass is 10.2. The van der Waals surface area contributed by atoms with Gasteiger partial charge in [-0.25, -0.2) is 4.98 Å². The quantitative estimate of drug-likeness (QED) is 0.732. The Balaban J connectivity index is 2.36. The van der Waals surface area contributed by atoms with Crippen molar-refractivity contribution in [2.75, 3.05) is 32.0 Å². The summed E-state index contributed by atoms with van der Waals surface area (Å²) in [4.78, 5) is 18.1. The number of hydrogen-bond donors (Lipinski definition) is 2. The molecule has 0 spiro atoms. The fraction of sp³-hybridized carbons (Fsp3) is 0.625. The van der Waals surface area contributed by atoms with E-state index in [2.05, 4.69) is 36.4 Å². The molecule has 0 aromatic carbocycles. The van der Waals surface area contributed by atoms with Crippen LogP contribution in [-0.2, 0) is 11.3 Å². The van der Waals surface area contributed by atoms with E-state index >= 15 is 0 Å². The number of carbonyl (C=O) groups is 1. The molecule has 1 amide bonds. The van der Waals surface area contributed by atoms with Crippen molar-refractivity contribution >= 4 is 11.7 Å². The highest BCUT2D eigenvalue weighted by atomic mass is 16.2. The van der Waals surface area contributed by atoms with Gasteiger partial charge in [-0.2, -0.15) is 0 Å². The van der Waals surface area contributed by atoms with Crippen molar-refractivity contribution in [2.45, 2.75) is 33.7 Å². The SMILES string of the molecule is CCCNc1ccc(CN(C)CC(=O)NCC(C)C)cn1. The van der Waals surface area contributed by atoms with Crippen LogP contribution < -0.4 is 10.6 Å². The number of carbonyl (C=O) groups excluding carboxylic acids is 1. The van der Waals surface area contributed by atoms with Crippen LogP contribution in [-0.4, -0.2) is 42.5 Å². The topological polar surface area (TPSA) is 57.3 Å². The average molecular weight is 292 g/mol. The van der Waals surface area contributed by atoms with E-state index in [1.165, 1.54) is 0 Å². The summed E-state index contributed by atoms with van der Waals surface area (Å²) in [6.45, 7) is 9.08. The lowest BCUT2D eigenvalue weighted by Crippen LogP contribution is -2.36. The van der Waals surface area contributed by atoms with Crippen molar-refractivity contribution in [3.8, 4) is 0 Å². The number of nitrogens with zero attached hydrogens (tertiary/aromatic N) is 2. The molecule has 2 N–H and O–H groups in total. The molecule has 0 bridgehead atoms. The lowest BCUT2D eigenvalue weighted by molar-refractivity contribution is -0.122. The van der Waals surface area contributed by atoms with Crippen molar-refractivity contribution in [2.24, 2.45) is 5.92 Å². The van der Waals surface area contributed by atoms with Gasteiger partial charge in [0.05, 0.1) is 6.54 Å². The molecule has 0 saturated carbocycles. The summed E-state index contributed by atoms with van der Waals surface area (Å²) in [5.74, 6) is 1.45. The Morgan fingerprint density at radius 1 is 1.38 bits per heavy atom. The Hall–Kier alpha value is -1.62. The van der Waals surface area contributed by atoms with E-state index in [0.717, 1.165) is 37.4 Å². The van der Waals surface area contributed by atoms with Gasteiger partial charge in [0.15, 0.2) is 0 Å². The first kappa shape index (κ1) is 17.4. The van der Waals surface area contributed by atoms with Crippen molar-refractivity contribution in [3.05, 3.63) is 23.9 Å². The molecule has 118 valence electrons. The maximum atomic E-state index is 11.7. The van der Waals surface area contributed by atoms with Crippen molar-refractivity contribution in [1.82, 2.24) is 15.2 Å². The Labute approximate surface area is 128 Å². The summed E-state index contributed by atoms with van der Waals surface area (Å²) in [5.41, 5.74) is 1.11. The maximum absolute atomic E-state index is 11.7. The van der Waals surface area contributed by atoms with Gasteiger partial charge in [0, 0.05) is 25.8 Å². The highest BCUT2D eigenvalue weighted by Gasteiger charge is 2.07. The highest BCUT2D eigenvalue weighted by molar-refractivity contribution is 5.77. The molecule has 0 radical (unpaired) electrons. The number of amides is 1. The Bertz CT molecular complexity index is 417. The molecular formula is C16H28N4O. The number of hydrogen-bond acceptors (Lipinski definition) is 4. The molecule has 1 aromatic rings. The molecule has 1 rings (SSSR count). The molecule has 0 saturated heterocycles. The molecule has 1 heterocycles. The third kappa shape index (κ3) is 7.66. The standard InChI is InChI=1S/C16H28N4O/c1-5-8-17-15-7-6-14(10-18-15)11-20(4)12-16(21)19-9-13(2)3/h6-7,10,13H,5,8-9,11-12H2,1-4H3,(H,17,18)(H,19,21). The van der Waals surface area contributed by atoms with Gasteiger partial charge in [-0.1, -0.05) is 26.8 Å². The number of nitrogens with one attached hydrogen (secondary N) is 2. The fourth-order valence-electron chi connectivity index (χ4n) is 1.86. The van der Waals surface area contributed by atoms with Gasteiger partial charge in [0.1, 0.15) is 5.82 Å². The first-order valence-corrected chi connectivity index (χ1v) is 7.65. The molecule has 0 atom stereocenters. The second-order valence-electron chi connectivity index (χ2n) is 5.85. The number of likely N-dealkylation sites (N-methyl/N-ethyl adjacent to an activating group) is 1.